The van der Waals surface area contributed by atoms with Crippen LogP contribution in [0.2, 0.25) is 0 Å². The first-order chi connectivity index (χ1) is 12.0. The minimum Gasteiger partial charge on any atom is -0.310 e. The Labute approximate surface area is 150 Å². The summed E-state index contributed by atoms with van der Waals surface area (Å²) in [6.45, 7) is 4.71. The summed E-state index contributed by atoms with van der Waals surface area (Å²) in [6, 6.07) is 11.4. The van der Waals surface area contributed by atoms with E-state index in [4.69, 9.17) is 0 Å². The van der Waals surface area contributed by atoms with Crippen molar-refractivity contribution in [3.8, 4) is 0 Å². The fraction of sp³-hybridized carbons (Fsp3) is 0.211. The van der Waals surface area contributed by atoms with Gasteiger partial charge in [0.25, 0.3) is 11.5 Å². The molecular formula is C19H19N3O2S. The number of aromatic nitrogens is 2. The summed E-state index contributed by atoms with van der Waals surface area (Å²) in [5.41, 5.74) is 2.07. The monoisotopic (exact) mass is 353 g/mol. The van der Waals surface area contributed by atoms with Crippen LogP contribution in [0.4, 0.5) is 5.13 Å². The molecule has 0 spiro atoms. The van der Waals surface area contributed by atoms with Gasteiger partial charge >= 0.3 is 0 Å². The van der Waals surface area contributed by atoms with E-state index in [2.05, 4.69) is 36.3 Å². The summed E-state index contributed by atoms with van der Waals surface area (Å²) in [6.07, 6.45) is 3.29. The highest BCUT2D eigenvalue weighted by Crippen LogP contribution is 2.15. The Hall–Kier alpha value is -2.73. The van der Waals surface area contributed by atoms with Crippen LogP contribution in [0.15, 0.2) is 59.0 Å². The number of nitrogens with zero attached hydrogens (tertiary/aromatic N) is 2. The Morgan fingerprint density at radius 2 is 2.00 bits per heavy atom. The molecule has 0 fully saturated rings. The number of benzene rings is 1. The molecule has 128 valence electrons. The first kappa shape index (κ1) is 17.1. The first-order valence-electron chi connectivity index (χ1n) is 8.03. The number of hydrogen-bond donors (Lipinski definition) is 1. The van der Waals surface area contributed by atoms with Gasteiger partial charge in [0.1, 0.15) is 5.56 Å². The summed E-state index contributed by atoms with van der Waals surface area (Å²) >= 11 is 1.31. The average Bonchev–Trinajstić information content (AvgIpc) is 3.10. The largest absolute Gasteiger partial charge is 0.310 e. The lowest BCUT2D eigenvalue weighted by Crippen LogP contribution is -2.29. The second-order valence-electron chi connectivity index (χ2n) is 6.04. The molecule has 2 heterocycles. The van der Waals surface area contributed by atoms with Crippen LogP contribution in [0.1, 0.15) is 41.3 Å². The van der Waals surface area contributed by atoms with E-state index >= 15 is 0 Å². The molecule has 3 rings (SSSR count). The molecule has 1 amide bonds. The third-order valence-electron chi connectivity index (χ3n) is 3.92. The molecule has 0 saturated heterocycles. The molecule has 0 aliphatic heterocycles. The summed E-state index contributed by atoms with van der Waals surface area (Å²) in [7, 11) is 0. The SMILES string of the molecule is CC(C)c1ccc(Cn2cccc(C(=O)Nc3nccs3)c2=O)cc1. The Morgan fingerprint density at radius 1 is 1.24 bits per heavy atom. The highest BCUT2D eigenvalue weighted by atomic mass is 32.1. The van der Waals surface area contributed by atoms with Crippen molar-refractivity contribution >= 4 is 22.4 Å². The molecule has 1 N–H and O–H groups in total. The highest BCUT2D eigenvalue weighted by Gasteiger charge is 2.13. The van der Waals surface area contributed by atoms with Gasteiger partial charge in [-0.05, 0) is 29.2 Å². The third kappa shape index (κ3) is 4.03. The summed E-state index contributed by atoms with van der Waals surface area (Å²) < 4.78 is 1.54. The van der Waals surface area contributed by atoms with E-state index in [-0.39, 0.29) is 11.1 Å². The second-order valence-corrected chi connectivity index (χ2v) is 6.94. The predicted molar refractivity (Wildman–Crippen MR) is 100 cm³/mol. The van der Waals surface area contributed by atoms with Gasteiger partial charge in [0, 0.05) is 17.8 Å². The van der Waals surface area contributed by atoms with E-state index in [0.29, 0.717) is 17.6 Å². The molecule has 0 saturated carbocycles. The maximum Gasteiger partial charge on any atom is 0.263 e. The topological polar surface area (TPSA) is 64.0 Å². The van der Waals surface area contributed by atoms with Crippen LogP contribution in [0, 0.1) is 0 Å². The number of carbonyl (C=O) groups excluding carboxylic acids is 1. The Balaban J connectivity index is 1.81. The molecule has 0 aliphatic rings. The van der Waals surface area contributed by atoms with E-state index < -0.39 is 5.91 Å². The molecule has 0 radical (unpaired) electrons. The molecular weight excluding hydrogens is 334 g/mol. The number of rotatable bonds is 5. The standard InChI is InChI=1S/C19H19N3O2S/c1-13(2)15-7-5-14(6-8-15)12-22-10-3-4-16(18(22)24)17(23)21-19-20-9-11-25-19/h3-11,13H,12H2,1-2H3,(H,20,21,23). The molecule has 0 unspecified atom stereocenters. The smallest absolute Gasteiger partial charge is 0.263 e. The van der Waals surface area contributed by atoms with E-state index in [1.807, 2.05) is 12.1 Å². The minimum absolute atomic E-state index is 0.108. The lowest BCUT2D eigenvalue weighted by atomic mass is 10.0. The highest BCUT2D eigenvalue weighted by molar-refractivity contribution is 7.13. The van der Waals surface area contributed by atoms with Crippen LogP contribution in [0.5, 0.6) is 0 Å². The quantitative estimate of drug-likeness (QED) is 0.760. The van der Waals surface area contributed by atoms with Crippen molar-refractivity contribution in [3.63, 3.8) is 0 Å². The lowest BCUT2D eigenvalue weighted by Gasteiger charge is -2.10. The molecule has 2 aromatic heterocycles. The zero-order valence-corrected chi connectivity index (χ0v) is 14.9. The number of anilines is 1. The minimum atomic E-state index is -0.440. The van der Waals surface area contributed by atoms with E-state index in [1.165, 1.54) is 23.0 Å². The van der Waals surface area contributed by atoms with E-state index in [9.17, 15) is 9.59 Å². The van der Waals surface area contributed by atoms with Gasteiger partial charge in [0.15, 0.2) is 5.13 Å². The molecule has 3 aromatic rings. The van der Waals surface area contributed by atoms with Gasteiger partial charge in [-0.1, -0.05) is 38.1 Å². The normalized spacial score (nSPS) is 10.8. The number of thiazole rings is 1. The van der Waals surface area contributed by atoms with Crippen LogP contribution in [0.3, 0.4) is 0 Å². The Bertz CT molecular complexity index is 913. The van der Waals surface area contributed by atoms with Crippen molar-refractivity contribution < 1.29 is 4.79 Å². The van der Waals surface area contributed by atoms with Crippen LogP contribution in [-0.2, 0) is 6.54 Å². The van der Waals surface area contributed by atoms with Crippen molar-refractivity contribution in [2.45, 2.75) is 26.3 Å². The van der Waals surface area contributed by atoms with Gasteiger partial charge in [-0.15, -0.1) is 11.3 Å². The molecule has 0 bridgehead atoms. The number of pyridine rings is 1. The van der Waals surface area contributed by atoms with Gasteiger partial charge in [0.2, 0.25) is 0 Å². The van der Waals surface area contributed by atoms with Crippen LogP contribution >= 0.6 is 11.3 Å². The van der Waals surface area contributed by atoms with Gasteiger partial charge in [-0.25, -0.2) is 4.98 Å². The van der Waals surface area contributed by atoms with Crippen LogP contribution < -0.4 is 10.9 Å². The third-order valence-corrected chi connectivity index (χ3v) is 4.61. The second kappa shape index (κ2) is 7.44. The molecule has 6 heteroatoms. The van der Waals surface area contributed by atoms with Gasteiger partial charge in [0.05, 0.1) is 6.54 Å². The molecule has 1 aromatic carbocycles. The maximum atomic E-state index is 12.6. The Morgan fingerprint density at radius 3 is 2.64 bits per heavy atom. The number of amides is 1. The van der Waals surface area contributed by atoms with Crippen LogP contribution in [-0.4, -0.2) is 15.5 Å². The summed E-state index contributed by atoms with van der Waals surface area (Å²) in [5.74, 6) is 0.0270. The fourth-order valence-electron chi connectivity index (χ4n) is 2.49. The predicted octanol–water partition coefficient (Wildman–Crippen LogP) is 3.73. The van der Waals surface area contributed by atoms with Gasteiger partial charge in [-0.2, -0.15) is 0 Å². The van der Waals surface area contributed by atoms with E-state index in [1.54, 1.807) is 28.4 Å². The average molecular weight is 353 g/mol. The first-order valence-corrected chi connectivity index (χ1v) is 8.91. The zero-order valence-electron chi connectivity index (χ0n) is 14.1. The lowest BCUT2D eigenvalue weighted by molar-refractivity contribution is 0.102. The van der Waals surface area contributed by atoms with Crippen molar-refractivity contribution in [1.82, 2.24) is 9.55 Å². The molecule has 5 nitrogen and oxygen atoms in total. The summed E-state index contributed by atoms with van der Waals surface area (Å²) in [5, 5.41) is 4.88. The van der Waals surface area contributed by atoms with Gasteiger partial charge < -0.3 is 4.57 Å². The van der Waals surface area contributed by atoms with E-state index in [0.717, 1.165) is 5.56 Å². The molecule has 0 aliphatic carbocycles. The van der Waals surface area contributed by atoms with Gasteiger partial charge in [-0.3, -0.25) is 14.9 Å². The Kier molecular flexibility index (Phi) is 5.09. The molecule has 25 heavy (non-hydrogen) atoms. The van der Waals surface area contributed by atoms with Crippen molar-refractivity contribution in [1.29, 1.82) is 0 Å². The fourth-order valence-corrected chi connectivity index (χ4v) is 3.01. The number of nitrogens with one attached hydrogen (secondary N) is 1. The molecule has 0 atom stereocenters. The number of hydrogen-bond acceptors (Lipinski definition) is 4. The van der Waals surface area contributed by atoms with Crippen molar-refractivity contribution in [3.05, 3.63) is 81.2 Å². The van der Waals surface area contributed by atoms with Crippen LogP contribution in [0.25, 0.3) is 0 Å². The van der Waals surface area contributed by atoms with Crippen molar-refractivity contribution in [2.75, 3.05) is 5.32 Å². The summed E-state index contributed by atoms with van der Waals surface area (Å²) in [4.78, 5) is 28.9. The maximum absolute atomic E-state index is 12.6. The van der Waals surface area contributed by atoms with Crippen molar-refractivity contribution in [2.24, 2.45) is 0 Å². The number of carbonyl (C=O) groups is 1. The zero-order chi connectivity index (χ0) is 17.8.